The van der Waals surface area contributed by atoms with E-state index in [1.165, 1.54) is 12.1 Å². The smallest absolute Gasteiger partial charge is 0.261 e. The molecule has 1 saturated carbocycles. The normalized spacial score (nSPS) is 21.1. The second kappa shape index (κ2) is 4.93. The summed E-state index contributed by atoms with van der Waals surface area (Å²) in [7, 11) is 1.55. The standard InChI is InChI=1S/C13H14ClNO4S/c14-20(17,18)9-3-4-12-10(6-9)11(7-19-12)15-13(16)5-8-1-2-8/h3-4,6,8,11H,1-2,5,7H2,(H,15,16). The number of rotatable bonds is 4. The number of carbonyl (C=O) groups excluding carboxylic acids is 1. The van der Waals surface area contributed by atoms with Gasteiger partial charge in [-0.3, -0.25) is 4.79 Å². The summed E-state index contributed by atoms with van der Waals surface area (Å²) in [5.74, 6) is 1.07. The molecule has 1 atom stereocenters. The fourth-order valence-corrected chi connectivity index (χ4v) is 3.09. The predicted molar refractivity (Wildman–Crippen MR) is 73.2 cm³/mol. The Balaban J connectivity index is 1.79. The van der Waals surface area contributed by atoms with E-state index in [9.17, 15) is 13.2 Å². The molecule has 20 heavy (non-hydrogen) atoms. The number of amides is 1. The monoisotopic (exact) mass is 315 g/mol. The van der Waals surface area contributed by atoms with Crippen LogP contribution in [0.15, 0.2) is 23.1 Å². The van der Waals surface area contributed by atoms with E-state index in [-0.39, 0.29) is 16.8 Å². The van der Waals surface area contributed by atoms with E-state index in [0.717, 1.165) is 12.8 Å². The third-order valence-corrected chi connectivity index (χ3v) is 4.90. The highest BCUT2D eigenvalue weighted by molar-refractivity contribution is 8.13. The highest BCUT2D eigenvalue weighted by Gasteiger charge is 2.30. The second-order valence-corrected chi connectivity index (χ2v) is 7.78. The molecule has 1 aromatic rings. The SMILES string of the molecule is O=C(CC1CC1)NC1COc2ccc(S(=O)(=O)Cl)cc21. The molecule has 0 aromatic heterocycles. The van der Waals surface area contributed by atoms with Gasteiger partial charge in [-0.2, -0.15) is 0 Å². The van der Waals surface area contributed by atoms with Gasteiger partial charge in [0.1, 0.15) is 12.4 Å². The van der Waals surface area contributed by atoms with Crippen LogP contribution in [0.1, 0.15) is 30.9 Å². The number of benzene rings is 1. The van der Waals surface area contributed by atoms with Crippen molar-refractivity contribution in [2.75, 3.05) is 6.61 Å². The summed E-state index contributed by atoms with van der Waals surface area (Å²) in [6.45, 7) is 0.317. The van der Waals surface area contributed by atoms with Crippen LogP contribution in [-0.2, 0) is 13.8 Å². The average Bonchev–Trinajstić information content (AvgIpc) is 3.08. The zero-order valence-electron chi connectivity index (χ0n) is 10.6. The van der Waals surface area contributed by atoms with Crippen molar-refractivity contribution in [2.45, 2.75) is 30.2 Å². The lowest BCUT2D eigenvalue weighted by atomic mass is 10.1. The molecule has 5 nitrogen and oxygen atoms in total. The minimum atomic E-state index is -3.78. The van der Waals surface area contributed by atoms with E-state index in [2.05, 4.69) is 5.32 Å². The van der Waals surface area contributed by atoms with Crippen LogP contribution in [0.3, 0.4) is 0 Å². The lowest BCUT2D eigenvalue weighted by Crippen LogP contribution is -2.29. The van der Waals surface area contributed by atoms with Crippen LogP contribution in [0.4, 0.5) is 0 Å². The molecule has 1 aromatic carbocycles. The minimum absolute atomic E-state index is 0.0184. The second-order valence-electron chi connectivity index (χ2n) is 5.22. The van der Waals surface area contributed by atoms with Crippen molar-refractivity contribution < 1.29 is 17.9 Å². The van der Waals surface area contributed by atoms with Crippen LogP contribution in [0.5, 0.6) is 5.75 Å². The van der Waals surface area contributed by atoms with Gasteiger partial charge in [-0.25, -0.2) is 8.42 Å². The van der Waals surface area contributed by atoms with E-state index in [1.54, 1.807) is 6.07 Å². The maximum absolute atomic E-state index is 11.8. The summed E-state index contributed by atoms with van der Waals surface area (Å²) < 4.78 is 28.2. The molecule has 1 heterocycles. The van der Waals surface area contributed by atoms with Crippen molar-refractivity contribution in [3.05, 3.63) is 23.8 Å². The number of hydrogen-bond acceptors (Lipinski definition) is 4. The zero-order valence-corrected chi connectivity index (χ0v) is 12.2. The van der Waals surface area contributed by atoms with Gasteiger partial charge in [0.15, 0.2) is 0 Å². The van der Waals surface area contributed by atoms with Gasteiger partial charge in [0.05, 0.1) is 10.9 Å². The van der Waals surface area contributed by atoms with E-state index >= 15 is 0 Å². The molecule has 7 heteroatoms. The molecular weight excluding hydrogens is 302 g/mol. The first-order valence-corrected chi connectivity index (χ1v) is 8.75. The Bertz CT molecular complexity index is 654. The summed E-state index contributed by atoms with van der Waals surface area (Å²) in [6.07, 6.45) is 2.75. The van der Waals surface area contributed by atoms with Gasteiger partial charge < -0.3 is 10.1 Å². The molecule has 0 spiro atoms. The van der Waals surface area contributed by atoms with Gasteiger partial charge in [-0.1, -0.05) is 0 Å². The van der Waals surface area contributed by atoms with E-state index in [4.69, 9.17) is 15.4 Å². The Morgan fingerprint density at radius 1 is 1.40 bits per heavy atom. The lowest BCUT2D eigenvalue weighted by molar-refractivity contribution is -0.122. The number of fused-ring (bicyclic) bond motifs is 1. The number of halogens is 1. The van der Waals surface area contributed by atoms with Crippen molar-refractivity contribution >= 4 is 25.6 Å². The zero-order chi connectivity index (χ0) is 14.3. The summed E-state index contributed by atoms with van der Waals surface area (Å²) in [5.41, 5.74) is 0.663. The fraction of sp³-hybridized carbons (Fsp3) is 0.462. The number of carbonyl (C=O) groups is 1. The van der Waals surface area contributed by atoms with Crippen molar-refractivity contribution in [2.24, 2.45) is 5.92 Å². The van der Waals surface area contributed by atoms with Crippen molar-refractivity contribution in [3.8, 4) is 5.75 Å². The van der Waals surface area contributed by atoms with Crippen LogP contribution in [-0.4, -0.2) is 20.9 Å². The molecule has 1 N–H and O–H groups in total. The van der Waals surface area contributed by atoms with E-state index in [0.29, 0.717) is 30.3 Å². The van der Waals surface area contributed by atoms with Crippen LogP contribution in [0, 0.1) is 5.92 Å². The molecule has 0 saturated heterocycles. The largest absolute Gasteiger partial charge is 0.491 e. The summed E-state index contributed by atoms with van der Waals surface area (Å²) >= 11 is 0. The van der Waals surface area contributed by atoms with Crippen molar-refractivity contribution in [3.63, 3.8) is 0 Å². The molecule has 1 unspecified atom stereocenters. The van der Waals surface area contributed by atoms with E-state index in [1.807, 2.05) is 0 Å². The van der Waals surface area contributed by atoms with Gasteiger partial charge in [0, 0.05) is 22.7 Å². The van der Waals surface area contributed by atoms with Crippen molar-refractivity contribution in [1.82, 2.24) is 5.32 Å². The first kappa shape index (κ1) is 13.7. The molecule has 1 amide bonds. The molecule has 108 valence electrons. The average molecular weight is 316 g/mol. The Labute approximate surface area is 121 Å². The highest BCUT2D eigenvalue weighted by Crippen LogP contribution is 2.36. The van der Waals surface area contributed by atoms with Crippen LogP contribution < -0.4 is 10.1 Å². The Kier molecular flexibility index (Phi) is 3.38. The predicted octanol–water partition coefficient (Wildman–Crippen LogP) is 1.96. The maximum atomic E-state index is 11.8. The molecule has 0 radical (unpaired) electrons. The highest BCUT2D eigenvalue weighted by atomic mass is 35.7. The summed E-state index contributed by atoms with van der Waals surface area (Å²) in [6, 6.07) is 4.12. The first-order chi connectivity index (χ1) is 9.43. The molecule has 1 aliphatic heterocycles. The van der Waals surface area contributed by atoms with Gasteiger partial charge >= 0.3 is 0 Å². The number of hydrogen-bond donors (Lipinski definition) is 1. The van der Waals surface area contributed by atoms with Crippen LogP contribution in [0.2, 0.25) is 0 Å². The number of nitrogens with one attached hydrogen (secondary N) is 1. The topological polar surface area (TPSA) is 72.5 Å². The van der Waals surface area contributed by atoms with Gasteiger partial charge in [-0.05, 0) is 37.0 Å². The molecule has 3 rings (SSSR count). The van der Waals surface area contributed by atoms with Gasteiger partial charge in [0.2, 0.25) is 5.91 Å². The van der Waals surface area contributed by atoms with Crippen LogP contribution >= 0.6 is 10.7 Å². The third-order valence-electron chi connectivity index (χ3n) is 3.55. The molecule has 0 bridgehead atoms. The maximum Gasteiger partial charge on any atom is 0.261 e. The number of ether oxygens (including phenoxy) is 1. The molecule has 2 aliphatic rings. The Morgan fingerprint density at radius 3 is 2.80 bits per heavy atom. The molecule has 1 aliphatic carbocycles. The molecule has 1 fully saturated rings. The quantitative estimate of drug-likeness (QED) is 0.862. The van der Waals surface area contributed by atoms with E-state index < -0.39 is 9.05 Å². The molecular formula is C13H14ClNO4S. The first-order valence-electron chi connectivity index (χ1n) is 6.44. The van der Waals surface area contributed by atoms with Crippen molar-refractivity contribution in [1.29, 1.82) is 0 Å². The lowest BCUT2D eigenvalue weighted by Gasteiger charge is -2.11. The van der Waals surface area contributed by atoms with Gasteiger partial charge in [0.25, 0.3) is 9.05 Å². The minimum Gasteiger partial charge on any atom is -0.491 e. The summed E-state index contributed by atoms with van der Waals surface area (Å²) in [5, 5.41) is 2.88. The summed E-state index contributed by atoms with van der Waals surface area (Å²) in [4.78, 5) is 11.8. The fourth-order valence-electron chi connectivity index (χ4n) is 2.30. The Hall–Kier alpha value is -1.27. The van der Waals surface area contributed by atoms with Crippen LogP contribution in [0.25, 0.3) is 0 Å². The van der Waals surface area contributed by atoms with Gasteiger partial charge in [-0.15, -0.1) is 0 Å². The Morgan fingerprint density at radius 2 is 2.15 bits per heavy atom. The third kappa shape index (κ3) is 2.91.